The fraction of sp³-hybridized carbons (Fsp3) is 0.727. The van der Waals surface area contributed by atoms with Gasteiger partial charge in [-0.3, -0.25) is 0 Å². The van der Waals surface area contributed by atoms with Crippen LogP contribution in [0, 0.1) is 5.92 Å². The van der Waals surface area contributed by atoms with E-state index in [0.29, 0.717) is 10.9 Å². The number of nitrogens with two attached hydrogens (primary N) is 1. The van der Waals surface area contributed by atoms with Gasteiger partial charge in [-0.15, -0.1) is 5.10 Å². The van der Waals surface area contributed by atoms with Gasteiger partial charge in [0, 0.05) is 12.5 Å². The molecule has 0 spiro atoms. The number of aromatic nitrogens is 3. The average Bonchev–Trinajstić information content (AvgIpc) is 3.14. The Morgan fingerprint density at radius 3 is 2.69 bits per heavy atom. The van der Waals surface area contributed by atoms with Gasteiger partial charge >= 0.3 is 0 Å². The molecule has 2 saturated carbocycles. The summed E-state index contributed by atoms with van der Waals surface area (Å²) in [5.74, 6) is 1.52. The molecular weight excluding hydrogens is 220 g/mol. The molecule has 0 radical (unpaired) electrons. The van der Waals surface area contributed by atoms with Crippen LogP contribution in [0.1, 0.15) is 49.4 Å². The van der Waals surface area contributed by atoms with Crippen molar-refractivity contribution in [3.8, 4) is 0 Å². The van der Waals surface area contributed by atoms with Crippen molar-refractivity contribution in [3.63, 3.8) is 0 Å². The topological polar surface area (TPSA) is 56.7 Å². The first-order valence-corrected chi connectivity index (χ1v) is 6.39. The molecule has 1 heterocycles. The van der Waals surface area contributed by atoms with Crippen LogP contribution in [0.3, 0.4) is 0 Å². The van der Waals surface area contributed by atoms with Crippen LogP contribution in [-0.4, -0.2) is 20.0 Å². The maximum Gasteiger partial charge on any atom is 0.143 e. The largest absolute Gasteiger partial charge is 0.388 e. The SMILES string of the molecule is NC(=S)c1nnn(CCC2CC2)c1C1CC1. The molecule has 4 nitrogen and oxygen atoms in total. The molecule has 1 aromatic rings. The molecule has 0 aromatic carbocycles. The van der Waals surface area contributed by atoms with Crippen molar-refractivity contribution in [2.24, 2.45) is 11.7 Å². The highest BCUT2D eigenvalue weighted by Gasteiger charge is 2.32. The highest BCUT2D eigenvalue weighted by Crippen LogP contribution is 2.41. The molecule has 0 bridgehead atoms. The molecule has 2 aliphatic carbocycles. The van der Waals surface area contributed by atoms with Crippen LogP contribution in [0.4, 0.5) is 0 Å². The second-order valence-electron chi connectivity index (χ2n) is 4.92. The van der Waals surface area contributed by atoms with Crippen molar-refractivity contribution in [3.05, 3.63) is 11.4 Å². The van der Waals surface area contributed by atoms with E-state index < -0.39 is 0 Å². The fourth-order valence-corrected chi connectivity index (χ4v) is 2.28. The predicted molar refractivity (Wildman–Crippen MR) is 65.2 cm³/mol. The van der Waals surface area contributed by atoms with Gasteiger partial charge in [-0.1, -0.05) is 30.3 Å². The molecule has 16 heavy (non-hydrogen) atoms. The molecule has 0 unspecified atom stereocenters. The molecular formula is C11H16N4S. The summed E-state index contributed by atoms with van der Waals surface area (Å²) in [7, 11) is 0. The molecule has 3 rings (SSSR count). The number of hydrogen-bond acceptors (Lipinski definition) is 3. The monoisotopic (exact) mass is 236 g/mol. The lowest BCUT2D eigenvalue weighted by molar-refractivity contribution is 0.514. The van der Waals surface area contributed by atoms with Gasteiger partial charge in [0.2, 0.25) is 0 Å². The van der Waals surface area contributed by atoms with E-state index in [1.165, 1.54) is 37.8 Å². The van der Waals surface area contributed by atoms with Gasteiger partial charge in [0.15, 0.2) is 0 Å². The summed E-state index contributed by atoms with van der Waals surface area (Å²) in [6, 6.07) is 0. The van der Waals surface area contributed by atoms with E-state index in [4.69, 9.17) is 18.0 Å². The maximum absolute atomic E-state index is 5.68. The molecule has 2 N–H and O–H groups in total. The minimum atomic E-state index is 0.388. The Morgan fingerprint density at radius 2 is 2.12 bits per heavy atom. The van der Waals surface area contributed by atoms with Gasteiger partial charge in [-0.2, -0.15) is 0 Å². The molecule has 1 aromatic heterocycles. The van der Waals surface area contributed by atoms with E-state index in [1.807, 2.05) is 4.68 Å². The number of thiocarbonyl (C=S) groups is 1. The summed E-state index contributed by atoms with van der Waals surface area (Å²) in [5, 5.41) is 8.32. The third kappa shape index (κ3) is 1.96. The van der Waals surface area contributed by atoms with E-state index in [9.17, 15) is 0 Å². The molecule has 5 heteroatoms. The number of nitrogens with zero attached hydrogens (tertiary/aromatic N) is 3. The van der Waals surface area contributed by atoms with Crippen LogP contribution in [0.25, 0.3) is 0 Å². The Bertz CT molecular complexity index is 418. The Morgan fingerprint density at radius 1 is 1.38 bits per heavy atom. The van der Waals surface area contributed by atoms with Crippen molar-refractivity contribution < 1.29 is 0 Å². The first-order chi connectivity index (χ1) is 7.75. The van der Waals surface area contributed by atoms with Gasteiger partial charge in [-0.05, 0) is 25.2 Å². The van der Waals surface area contributed by atoms with Crippen LogP contribution in [0.2, 0.25) is 0 Å². The van der Waals surface area contributed by atoms with Crippen molar-refractivity contribution in [2.45, 2.75) is 44.6 Å². The third-order valence-electron chi connectivity index (χ3n) is 3.42. The van der Waals surface area contributed by atoms with Crippen molar-refractivity contribution in [1.29, 1.82) is 0 Å². The van der Waals surface area contributed by atoms with E-state index in [2.05, 4.69) is 10.3 Å². The first-order valence-electron chi connectivity index (χ1n) is 5.99. The van der Waals surface area contributed by atoms with Crippen molar-refractivity contribution >= 4 is 17.2 Å². The molecule has 0 saturated heterocycles. The fourth-order valence-electron chi connectivity index (χ4n) is 2.13. The summed E-state index contributed by atoms with van der Waals surface area (Å²) >= 11 is 5.02. The summed E-state index contributed by atoms with van der Waals surface area (Å²) in [5.41, 5.74) is 7.62. The van der Waals surface area contributed by atoms with Crippen LogP contribution in [-0.2, 0) is 6.54 Å². The summed E-state index contributed by atoms with van der Waals surface area (Å²) < 4.78 is 2.03. The Kier molecular flexibility index (Phi) is 2.42. The molecule has 2 aliphatic rings. The van der Waals surface area contributed by atoms with Gasteiger partial charge in [0.05, 0.1) is 5.69 Å². The summed E-state index contributed by atoms with van der Waals surface area (Å²) in [6.07, 6.45) is 6.45. The minimum Gasteiger partial charge on any atom is -0.388 e. The zero-order chi connectivity index (χ0) is 11.1. The normalized spacial score (nSPS) is 20.0. The smallest absolute Gasteiger partial charge is 0.143 e. The highest BCUT2D eigenvalue weighted by molar-refractivity contribution is 7.80. The van der Waals surface area contributed by atoms with Crippen LogP contribution < -0.4 is 5.73 Å². The number of aryl methyl sites for hydroxylation is 1. The van der Waals surface area contributed by atoms with E-state index >= 15 is 0 Å². The second-order valence-corrected chi connectivity index (χ2v) is 5.36. The highest BCUT2D eigenvalue weighted by atomic mass is 32.1. The quantitative estimate of drug-likeness (QED) is 0.789. The van der Waals surface area contributed by atoms with Gasteiger partial charge < -0.3 is 5.73 Å². The molecule has 86 valence electrons. The Balaban J connectivity index is 1.81. The number of hydrogen-bond donors (Lipinski definition) is 1. The average molecular weight is 236 g/mol. The Labute approximate surface area is 100 Å². The maximum atomic E-state index is 5.68. The second kappa shape index (κ2) is 3.80. The summed E-state index contributed by atoms with van der Waals surface area (Å²) in [4.78, 5) is 0.388. The van der Waals surface area contributed by atoms with Gasteiger partial charge in [0.25, 0.3) is 0 Å². The van der Waals surface area contributed by atoms with Gasteiger partial charge in [-0.25, -0.2) is 4.68 Å². The minimum absolute atomic E-state index is 0.388. The summed E-state index contributed by atoms with van der Waals surface area (Å²) in [6.45, 7) is 0.978. The zero-order valence-electron chi connectivity index (χ0n) is 9.22. The lowest BCUT2D eigenvalue weighted by atomic mass is 10.2. The molecule has 0 aliphatic heterocycles. The van der Waals surface area contributed by atoms with Crippen molar-refractivity contribution in [2.75, 3.05) is 0 Å². The lowest BCUT2D eigenvalue weighted by Crippen LogP contribution is -2.14. The first kappa shape index (κ1) is 10.2. The van der Waals surface area contributed by atoms with Gasteiger partial charge in [0.1, 0.15) is 10.7 Å². The van der Waals surface area contributed by atoms with Crippen LogP contribution >= 0.6 is 12.2 Å². The van der Waals surface area contributed by atoms with E-state index in [-0.39, 0.29) is 0 Å². The van der Waals surface area contributed by atoms with Crippen LogP contribution in [0.5, 0.6) is 0 Å². The van der Waals surface area contributed by atoms with E-state index in [0.717, 1.165) is 18.2 Å². The lowest BCUT2D eigenvalue weighted by Gasteiger charge is -2.05. The van der Waals surface area contributed by atoms with E-state index in [1.54, 1.807) is 0 Å². The molecule has 0 amide bonds. The molecule has 2 fully saturated rings. The number of rotatable bonds is 5. The standard InChI is InChI=1S/C11H16N4S/c12-11(16)9-10(8-3-4-8)15(14-13-9)6-5-7-1-2-7/h7-8H,1-6H2,(H2,12,16). The zero-order valence-corrected chi connectivity index (χ0v) is 10.0. The third-order valence-corrected chi connectivity index (χ3v) is 3.61. The van der Waals surface area contributed by atoms with Crippen molar-refractivity contribution in [1.82, 2.24) is 15.0 Å². The predicted octanol–water partition coefficient (Wildman–Crippen LogP) is 1.59. The Hall–Kier alpha value is -0.970. The molecule has 0 atom stereocenters. The van der Waals surface area contributed by atoms with Crippen LogP contribution in [0.15, 0.2) is 0 Å².